The normalized spacial score (nSPS) is 10.2. The number of nitrogens with one attached hydrogen (secondary N) is 2. The second-order valence-electron chi connectivity index (χ2n) is 5.05. The van der Waals surface area contributed by atoms with Crippen LogP contribution in [0.25, 0.3) is 0 Å². The lowest BCUT2D eigenvalue weighted by Crippen LogP contribution is -2.36. The molecule has 0 saturated carbocycles. The molecule has 1 aromatic carbocycles. The van der Waals surface area contributed by atoms with E-state index in [1.165, 1.54) is 40.5 Å². The van der Waals surface area contributed by atoms with Crippen molar-refractivity contribution in [3.8, 4) is 6.07 Å². The standard InChI is InChI=1S/C16H15FN4O2S/c1-21(9-14(22)19-13-4-2-12(17)3-5-13)10-15(23)20-16-11(8-18)6-7-24-16/h2-7H,9-10H2,1H3,(H,19,22)(H,20,23). The van der Waals surface area contributed by atoms with Gasteiger partial charge in [0.05, 0.1) is 18.7 Å². The molecule has 8 heteroatoms. The summed E-state index contributed by atoms with van der Waals surface area (Å²) in [5.41, 5.74) is 0.890. The highest BCUT2D eigenvalue weighted by Gasteiger charge is 2.13. The minimum atomic E-state index is -0.382. The molecule has 0 fully saturated rings. The predicted molar refractivity (Wildman–Crippen MR) is 90.2 cm³/mol. The van der Waals surface area contributed by atoms with Crippen LogP contribution in [0.3, 0.4) is 0 Å². The highest BCUT2D eigenvalue weighted by molar-refractivity contribution is 7.14. The Morgan fingerprint density at radius 2 is 1.79 bits per heavy atom. The van der Waals surface area contributed by atoms with Crippen molar-refractivity contribution >= 4 is 33.8 Å². The summed E-state index contributed by atoms with van der Waals surface area (Å²) in [6.45, 7) is -0.0000492. The molecule has 0 bridgehead atoms. The summed E-state index contributed by atoms with van der Waals surface area (Å²) >= 11 is 1.26. The predicted octanol–water partition coefficient (Wildman–Crippen LogP) is 2.27. The molecule has 0 spiro atoms. The van der Waals surface area contributed by atoms with Crippen LogP contribution in [0.5, 0.6) is 0 Å². The van der Waals surface area contributed by atoms with E-state index in [0.29, 0.717) is 16.3 Å². The summed E-state index contributed by atoms with van der Waals surface area (Å²) in [5.74, 6) is -1.01. The molecule has 0 atom stereocenters. The Balaban J connectivity index is 1.80. The van der Waals surface area contributed by atoms with Crippen LogP contribution in [0, 0.1) is 17.1 Å². The van der Waals surface area contributed by atoms with E-state index in [0.717, 1.165) is 0 Å². The van der Waals surface area contributed by atoms with Crippen molar-refractivity contribution in [2.75, 3.05) is 30.8 Å². The molecule has 2 amide bonds. The van der Waals surface area contributed by atoms with E-state index >= 15 is 0 Å². The van der Waals surface area contributed by atoms with Gasteiger partial charge < -0.3 is 10.6 Å². The Morgan fingerprint density at radius 3 is 2.42 bits per heavy atom. The monoisotopic (exact) mass is 346 g/mol. The summed E-state index contributed by atoms with van der Waals surface area (Å²) < 4.78 is 12.8. The number of hydrogen-bond donors (Lipinski definition) is 2. The molecule has 0 unspecified atom stereocenters. The average Bonchev–Trinajstić information content (AvgIpc) is 2.96. The van der Waals surface area contributed by atoms with E-state index < -0.39 is 0 Å². The second-order valence-corrected chi connectivity index (χ2v) is 5.97. The molecule has 0 radical (unpaired) electrons. The molecular formula is C16H15FN4O2S. The zero-order valence-electron chi connectivity index (χ0n) is 12.9. The Kier molecular flexibility index (Phi) is 6.01. The number of nitrogens with zero attached hydrogens (tertiary/aromatic N) is 2. The number of nitriles is 1. The number of thiophene rings is 1. The Hall–Kier alpha value is -2.76. The van der Waals surface area contributed by atoms with Gasteiger partial charge in [0, 0.05) is 5.69 Å². The fourth-order valence-corrected chi connectivity index (χ4v) is 2.69. The first kappa shape index (κ1) is 17.6. The first-order valence-electron chi connectivity index (χ1n) is 6.99. The van der Waals surface area contributed by atoms with Crippen LogP contribution >= 0.6 is 11.3 Å². The second kappa shape index (κ2) is 8.19. The van der Waals surface area contributed by atoms with Crippen molar-refractivity contribution in [2.45, 2.75) is 0 Å². The Labute approximate surface area is 142 Å². The zero-order chi connectivity index (χ0) is 17.5. The third kappa shape index (κ3) is 5.15. The van der Waals surface area contributed by atoms with Gasteiger partial charge in [-0.3, -0.25) is 14.5 Å². The molecule has 1 heterocycles. The van der Waals surface area contributed by atoms with Crippen molar-refractivity contribution < 1.29 is 14.0 Å². The Morgan fingerprint density at radius 1 is 1.17 bits per heavy atom. The fraction of sp³-hybridized carbons (Fsp3) is 0.188. The van der Waals surface area contributed by atoms with Gasteiger partial charge in [-0.15, -0.1) is 11.3 Å². The first-order valence-corrected chi connectivity index (χ1v) is 7.87. The van der Waals surface area contributed by atoms with Crippen LogP contribution in [0.15, 0.2) is 35.7 Å². The van der Waals surface area contributed by atoms with Gasteiger partial charge in [-0.2, -0.15) is 5.26 Å². The van der Waals surface area contributed by atoms with Crippen LogP contribution < -0.4 is 10.6 Å². The molecule has 2 aromatic rings. The van der Waals surface area contributed by atoms with Gasteiger partial charge in [0.15, 0.2) is 0 Å². The third-order valence-electron chi connectivity index (χ3n) is 2.99. The summed E-state index contributed by atoms with van der Waals surface area (Å²) in [7, 11) is 1.63. The van der Waals surface area contributed by atoms with Gasteiger partial charge >= 0.3 is 0 Å². The smallest absolute Gasteiger partial charge is 0.239 e. The molecule has 2 N–H and O–H groups in total. The molecular weight excluding hydrogens is 331 g/mol. The maximum Gasteiger partial charge on any atom is 0.239 e. The van der Waals surface area contributed by atoms with E-state index in [4.69, 9.17) is 5.26 Å². The summed E-state index contributed by atoms with van der Waals surface area (Å²) in [6.07, 6.45) is 0. The lowest BCUT2D eigenvalue weighted by atomic mass is 10.3. The van der Waals surface area contributed by atoms with Crippen LogP contribution in [-0.2, 0) is 9.59 Å². The van der Waals surface area contributed by atoms with Crippen LogP contribution in [0.2, 0.25) is 0 Å². The summed E-state index contributed by atoms with van der Waals surface area (Å²) in [6, 6.07) is 9.03. The highest BCUT2D eigenvalue weighted by atomic mass is 32.1. The number of benzene rings is 1. The number of anilines is 2. The molecule has 0 aliphatic heterocycles. The van der Waals surface area contributed by atoms with E-state index in [2.05, 4.69) is 10.6 Å². The van der Waals surface area contributed by atoms with E-state index in [1.54, 1.807) is 18.5 Å². The van der Waals surface area contributed by atoms with Gasteiger partial charge in [0.1, 0.15) is 16.9 Å². The van der Waals surface area contributed by atoms with Crippen molar-refractivity contribution in [1.29, 1.82) is 5.26 Å². The topological polar surface area (TPSA) is 85.2 Å². The lowest BCUT2D eigenvalue weighted by molar-refractivity contribution is -0.119. The van der Waals surface area contributed by atoms with Crippen molar-refractivity contribution in [3.63, 3.8) is 0 Å². The van der Waals surface area contributed by atoms with Crippen molar-refractivity contribution in [2.24, 2.45) is 0 Å². The number of rotatable bonds is 6. The van der Waals surface area contributed by atoms with Crippen LogP contribution in [-0.4, -0.2) is 36.9 Å². The molecule has 0 saturated heterocycles. The summed E-state index contributed by atoms with van der Waals surface area (Å²) in [5, 5.41) is 16.4. The van der Waals surface area contributed by atoms with Crippen LogP contribution in [0.1, 0.15) is 5.56 Å². The lowest BCUT2D eigenvalue weighted by Gasteiger charge is -2.15. The maximum absolute atomic E-state index is 12.8. The SMILES string of the molecule is CN(CC(=O)Nc1ccc(F)cc1)CC(=O)Nc1sccc1C#N. The molecule has 0 aliphatic rings. The van der Waals surface area contributed by atoms with E-state index in [-0.39, 0.29) is 30.7 Å². The van der Waals surface area contributed by atoms with Crippen LogP contribution in [0.4, 0.5) is 15.1 Å². The molecule has 6 nitrogen and oxygen atoms in total. The first-order chi connectivity index (χ1) is 11.5. The van der Waals surface area contributed by atoms with Crippen molar-refractivity contribution in [1.82, 2.24) is 4.90 Å². The molecule has 24 heavy (non-hydrogen) atoms. The number of hydrogen-bond acceptors (Lipinski definition) is 5. The van der Waals surface area contributed by atoms with Gasteiger partial charge in [0.2, 0.25) is 11.8 Å². The average molecular weight is 346 g/mol. The van der Waals surface area contributed by atoms with Gasteiger partial charge in [0.25, 0.3) is 0 Å². The molecule has 124 valence electrons. The summed E-state index contributed by atoms with van der Waals surface area (Å²) in [4.78, 5) is 25.4. The number of carbonyl (C=O) groups is 2. The van der Waals surface area contributed by atoms with E-state index in [1.807, 2.05) is 6.07 Å². The zero-order valence-corrected chi connectivity index (χ0v) is 13.7. The molecule has 1 aromatic heterocycles. The largest absolute Gasteiger partial charge is 0.325 e. The van der Waals surface area contributed by atoms with Crippen molar-refractivity contribution in [3.05, 3.63) is 47.1 Å². The minimum Gasteiger partial charge on any atom is -0.325 e. The highest BCUT2D eigenvalue weighted by Crippen LogP contribution is 2.21. The van der Waals surface area contributed by atoms with Gasteiger partial charge in [-0.25, -0.2) is 4.39 Å². The van der Waals surface area contributed by atoms with E-state index in [9.17, 15) is 14.0 Å². The third-order valence-corrected chi connectivity index (χ3v) is 3.82. The van der Waals surface area contributed by atoms with Gasteiger partial charge in [-0.1, -0.05) is 0 Å². The number of carbonyl (C=O) groups excluding carboxylic acids is 2. The quantitative estimate of drug-likeness (QED) is 0.840. The minimum absolute atomic E-state index is 0.000341. The number of amides is 2. The molecule has 0 aliphatic carbocycles. The Bertz CT molecular complexity index is 767. The molecule has 2 rings (SSSR count). The fourth-order valence-electron chi connectivity index (χ4n) is 1.94. The maximum atomic E-state index is 12.8. The number of likely N-dealkylation sites (N-methyl/N-ethyl adjacent to an activating group) is 1. The number of halogens is 1. The van der Waals surface area contributed by atoms with Gasteiger partial charge in [-0.05, 0) is 42.8 Å².